The highest BCUT2D eigenvalue weighted by Gasteiger charge is 2.06. The molecule has 5 heteroatoms. The van der Waals surface area contributed by atoms with Crippen LogP contribution in [-0.2, 0) is 17.8 Å². The van der Waals surface area contributed by atoms with Crippen LogP contribution < -0.4 is 5.32 Å². The SMILES string of the molecule is CC(C)CNCc1nc(CN(C)CCOC(C)C)cs1. The lowest BCUT2D eigenvalue weighted by Gasteiger charge is -2.16. The normalized spacial score (nSPS) is 12.0. The van der Waals surface area contributed by atoms with Gasteiger partial charge in [0.15, 0.2) is 0 Å². The molecular weight excluding hydrogens is 270 g/mol. The highest BCUT2D eigenvalue weighted by molar-refractivity contribution is 7.09. The Kier molecular flexibility index (Phi) is 8.30. The summed E-state index contributed by atoms with van der Waals surface area (Å²) in [4.78, 5) is 6.92. The van der Waals surface area contributed by atoms with Crippen molar-refractivity contribution in [3.8, 4) is 0 Å². The van der Waals surface area contributed by atoms with Crippen LogP contribution in [0.4, 0.5) is 0 Å². The third kappa shape index (κ3) is 7.94. The number of hydrogen-bond acceptors (Lipinski definition) is 5. The van der Waals surface area contributed by atoms with Gasteiger partial charge in [-0.2, -0.15) is 0 Å². The molecule has 0 aromatic carbocycles. The van der Waals surface area contributed by atoms with E-state index in [1.165, 1.54) is 5.01 Å². The molecule has 1 aromatic rings. The number of thiazole rings is 1. The van der Waals surface area contributed by atoms with Crippen molar-refractivity contribution in [1.82, 2.24) is 15.2 Å². The zero-order valence-electron chi connectivity index (χ0n) is 13.5. The Morgan fingerprint density at radius 1 is 1.35 bits per heavy atom. The molecule has 0 bridgehead atoms. The van der Waals surface area contributed by atoms with Gasteiger partial charge in [0.1, 0.15) is 5.01 Å². The highest BCUT2D eigenvalue weighted by Crippen LogP contribution is 2.11. The smallest absolute Gasteiger partial charge is 0.107 e. The van der Waals surface area contributed by atoms with E-state index in [-0.39, 0.29) is 0 Å². The minimum Gasteiger partial charge on any atom is -0.377 e. The molecule has 1 aromatic heterocycles. The lowest BCUT2D eigenvalue weighted by atomic mass is 10.2. The summed E-state index contributed by atoms with van der Waals surface area (Å²) in [6.45, 7) is 13.1. The average Bonchev–Trinajstić information content (AvgIpc) is 2.75. The molecule has 0 spiro atoms. The van der Waals surface area contributed by atoms with Crippen molar-refractivity contribution in [2.24, 2.45) is 5.92 Å². The summed E-state index contributed by atoms with van der Waals surface area (Å²) in [6.07, 6.45) is 0.307. The molecule has 0 atom stereocenters. The van der Waals surface area contributed by atoms with Gasteiger partial charge in [-0.3, -0.25) is 4.90 Å². The van der Waals surface area contributed by atoms with Crippen molar-refractivity contribution < 1.29 is 4.74 Å². The fourth-order valence-electron chi connectivity index (χ4n) is 1.77. The van der Waals surface area contributed by atoms with Crippen LogP contribution in [0.25, 0.3) is 0 Å². The van der Waals surface area contributed by atoms with E-state index in [0.29, 0.717) is 12.0 Å². The van der Waals surface area contributed by atoms with Crippen molar-refractivity contribution in [3.63, 3.8) is 0 Å². The average molecular weight is 299 g/mol. The number of rotatable bonds is 10. The summed E-state index contributed by atoms with van der Waals surface area (Å²) >= 11 is 1.74. The Bertz CT molecular complexity index is 366. The van der Waals surface area contributed by atoms with Gasteiger partial charge in [0.05, 0.1) is 18.4 Å². The van der Waals surface area contributed by atoms with Gasteiger partial charge in [0, 0.05) is 25.0 Å². The summed E-state index contributed by atoms with van der Waals surface area (Å²) in [7, 11) is 2.11. The maximum absolute atomic E-state index is 5.56. The summed E-state index contributed by atoms with van der Waals surface area (Å²) in [5, 5.41) is 6.76. The molecule has 0 saturated carbocycles. The van der Waals surface area contributed by atoms with Gasteiger partial charge in [-0.05, 0) is 33.4 Å². The summed E-state index contributed by atoms with van der Waals surface area (Å²) in [5.41, 5.74) is 1.16. The van der Waals surface area contributed by atoms with E-state index in [4.69, 9.17) is 4.74 Å². The topological polar surface area (TPSA) is 37.4 Å². The first-order valence-corrected chi connectivity index (χ1v) is 8.29. The molecule has 1 heterocycles. The predicted molar refractivity (Wildman–Crippen MR) is 86.1 cm³/mol. The molecule has 20 heavy (non-hydrogen) atoms. The van der Waals surface area contributed by atoms with Crippen LogP contribution in [0.1, 0.15) is 38.4 Å². The van der Waals surface area contributed by atoms with E-state index in [9.17, 15) is 0 Å². The molecule has 0 aliphatic rings. The van der Waals surface area contributed by atoms with E-state index in [2.05, 4.69) is 55.3 Å². The Hall–Kier alpha value is -0.490. The van der Waals surface area contributed by atoms with E-state index in [1.807, 2.05) is 0 Å². The van der Waals surface area contributed by atoms with Gasteiger partial charge in [0.2, 0.25) is 0 Å². The van der Waals surface area contributed by atoms with E-state index >= 15 is 0 Å². The first-order valence-electron chi connectivity index (χ1n) is 7.41. The van der Waals surface area contributed by atoms with Crippen LogP contribution in [0.2, 0.25) is 0 Å². The number of ether oxygens (including phenoxy) is 1. The molecule has 1 rings (SSSR count). The van der Waals surface area contributed by atoms with Crippen LogP contribution in [0.5, 0.6) is 0 Å². The fraction of sp³-hybridized carbons (Fsp3) is 0.800. The molecule has 116 valence electrons. The summed E-state index contributed by atoms with van der Waals surface area (Å²) < 4.78 is 5.56. The third-order valence-corrected chi connectivity index (χ3v) is 3.68. The van der Waals surface area contributed by atoms with Gasteiger partial charge in [-0.15, -0.1) is 11.3 Å². The molecule has 0 fully saturated rings. The zero-order chi connectivity index (χ0) is 15.0. The maximum atomic E-state index is 5.56. The first kappa shape index (κ1) is 17.6. The fourth-order valence-corrected chi connectivity index (χ4v) is 2.53. The maximum Gasteiger partial charge on any atom is 0.107 e. The second kappa shape index (κ2) is 9.45. The minimum absolute atomic E-state index is 0.307. The van der Waals surface area contributed by atoms with Crippen LogP contribution in [-0.4, -0.2) is 42.7 Å². The third-order valence-electron chi connectivity index (χ3n) is 2.78. The van der Waals surface area contributed by atoms with Gasteiger partial charge in [-0.1, -0.05) is 13.8 Å². The molecule has 0 amide bonds. The number of nitrogens with zero attached hydrogens (tertiary/aromatic N) is 2. The second-order valence-corrected chi connectivity index (χ2v) is 6.86. The largest absolute Gasteiger partial charge is 0.377 e. The van der Waals surface area contributed by atoms with E-state index in [1.54, 1.807) is 11.3 Å². The number of likely N-dealkylation sites (N-methyl/N-ethyl adjacent to an activating group) is 1. The van der Waals surface area contributed by atoms with Crippen molar-refractivity contribution in [3.05, 3.63) is 16.1 Å². The summed E-state index contributed by atoms with van der Waals surface area (Å²) in [6, 6.07) is 0. The van der Waals surface area contributed by atoms with Crippen LogP contribution in [0.15, 0.2) is 5.38 Å². The lowest BCUT2D eigenvalue weighted by Crippen LogP contribution is -2.24. The molecule has 0 aliphatic carbocycles. The van der Waals surface area contributed by atoms with Gasteiger partial charge in [-0.25, -0.2) is 4.98 Å². The molecule has 0 aliphatic heterocycles. The Morgan fingerprint density at radius 3 is 2.75 bits per heavy atom. The molecule has 4 nitrogen and oxygen atoms in total. The lowest BCUT2D eigenvalue weighted by molar-refractivity contribution is 0.0625. The van der Waals surface area contributed by atoms with Crippen molar-refractivity contribution in [1.29, 1.82) is 0 Å². The second-order valence-electron chi connectivity index (χ2n) is 5.91. The molecule has 1 N–H and O–H groups in total. The highest BCUT2D eigenvalue weighted by atomic mass is 32.1. The molecule has 0 saturated heterocycles. The Balaban J connectivity index is 2.25. The first-order chi connectivity index (χ1) is 9.47. The van der Waals surface area contributed by atoms with Crippen molar-refractivity contribution >= 4 is 11.3 Å². The number of nitrogens with one attached hydrogen (secondary N) is 1. The van der Waals surface area contributed by atoms with Crippen molar-refractivity contribution in [2.45, 2.75) is 46.9 Å². The molecule has 0 radical (unpaired) electrons. The number of aromatic nitrogens is 1. The van der Waals surface area contributed by atoms with E-state index in [0.717, 1.165) is 38.5 Å². The summed E-state index contributed by atoms with van der Waals surface area (Å²) in [5.74, 6) is 0.682. The number of hydrogen-bond donors (Lipinski definition) is 1. The van der Waals surface area contributed by atoms with Crippen LogP contribution in [0.3, 0.4) is 0 Å². The van der Waals surface area contributed by atoms with Gasteiger partial charge >= 0.3 is 0 Å². The molecular formula is C15H29N3OS. The van der Waals surface area contributed by atoms with Gasteiger partial charge < -0.3 is 10.1 Å². The predicted octanol–water partition coefficient (Wildman–Crippen LogP) is 2.75. The zero-order valence-corrected chi connectivity index (χ0v) is 14.3. The quantitative estimate of drug-likeness (QED) is 0.721. The van der Waals surface area contributed by atoms with Crippen LogP contribution in [0, 0.1) is 5.92 Å². The minimum atomic E-state index is 0.307. The Labute approximate surface area is 127 Å². The Morgan fingerprint density at radius 2 is 2.10 bits per heavy atom. The van der Waals surface area contributed by atoms with Crippen LogP contribution >= 0.6 is 11.3 Å². The monoisotopic (exact) mass is 299 g/mol. The van der Waals surface area contributed by atoms with Crippen molar-refractivity contribution in [2.75, 3.05) is 26.7 Å². The standard InChI is InChI=1S/C15H29N3OS/c1-12(2)8-16-9-15-17-14(11-20-15)10-18(5)6-7-19-13(3)4/h11-13,16H,6-10H2,1-5H3. The van der Waals surface area contributed by atoms with Gasteiger partial charge in [0.25, 0.3) is 0 Å². The van der Waals surface area contributed by atoms with E-state index < -0.39 is 0 Å². The molecule has 0 unspecified atom stereocenters.